The first-order valence-electron chi connectivity index (χ1n) is 4.77. The molecule has 0 aliphatic heterocycles. The second-order valence-electron chi connectivity index (χ2n) is 3.39. The van der Waals surface area contributed by atoms with E-state index in [9.17, 15) is 0 Å². The van der Waals surface area contributed by atoms with E-state index in [4.69, 9.17) is 0 Å². The van der Waals surface area contributed by atoms with Gasteiger partial charge in [-0.2, -0.15) is 5.10 Å². The minimum Gasteiger partial charge on any atom is -0.268 e. The Bertz CT molecular complexity index is 566. The van der Waals surface area contributed by atoms with Crippen LogP contribution in [0.25, 0.3) is 10.1 Å². The molecule has 0 saturated heterocycles. The molecule has 0 fully saturated rings. The van der Waals surface area contributed by atoms with Crippen LogP contribution in [-0.4, -0.2) is 9.78 Å². The van der Waals surface area contributed by atoms with Crippen LogP contribution in [0.1, 0.15) is 5.56 Å². The molecular weight excluding hydrogens is 204 g/mol. The molecule has 2 aromatic heterocycles. The zero-order valence-electron chi connectivity index (χ0n) is 8.05. The van der Waals surface area contributed by atoms with E-state index in [0.717, 1.165) is 6.54 Å². The van der Waals surface area contributed by atoms with Gasteiger partial charge >= 0.3 is 0 Å². The van der Waals surface area contributed by atoms with E-state index in [0.29, 0.717) is 0 Å². The Labute approximate surface area is 91.8 Å². The highest BCUT2D eigenvalue weighted by Gasteiger charge is 2.02. The number of hydrogen-bond acceptors (Lipinski definition) is 2. The second-order valence-corrected chi connectivity index (χ2v) is 4.31. The van der Waals surface area contributed by atoms with Crippen LogP contribution in [0.4, 0.5) is 0 Å². The molecule has 0 amide bonds. The van der Waals surface area contributed by atoms with Gasteiger partial charge in [0.25, 0.3) is 0 Å². The average Bonchev–Trinajstić information content (AvgIpc) is 2.87. The fourth-order valence-corrected chi connectivity index (χ4v) is 2.61. The summed E-state index contributed by atoms with van der Waals surface area (Å²) in [7, 11) is 0. The maximum Gasteiger partial charge on any atom is 0.0673 e. The van der Waals surface area contributed by atoms with E-state index >= 15 is 0 Å². The zero-order valence-corrected chi connectivity index (χ0v) is 8.87. The van der Waals surface area contributed by atoms with Crippen molar-refractivity contribution in [2.24, 2.45) is 0 Å². The van der Waals surface area contributed by atoms with E-state index in [-0.39, 0.29) is 0 Å². The summed E-state index contributed by atoms with van der Waals surface area (Å²) in [5, 5.41) is 7.61. The number of rotatable bonds is 2. The highest BCUT2D eigenvalue weighted by atomic mass is 32.1. The number of aromatic nitrogens is 2. The summed E-state index contributed by atoms with van der Waals surface area (Å²) in [4.78, 5) is 0. The van der Waals surface area contributed by atoms with Crippen molar-refractivity contribution < 1.29 is 0 Å². The minimum absolute atomic E-state index is 0.821. The van der Waals surface area contributed by atoms with E-state index < -0.39 is 0 Å². The average molecular weight is 213 g/mol. The first-order valence-corrected chi connectivity index (χ1v) is 5.65. The summed E-state index contributed by atoms with van der Waals surface area (Å²) in [6.45, 7) is 0.821. The molecule has 0 spiro atoms. The smallest absolute Gasteiger partial charge is 0.0673 e. The monoisotopic (exact) mass is 213 g/mol. The third-order valence-corrected chi connectivity index (χ3v) is 3.40. The summed E-state index contributed by atoms with van der Waals surface area (Å²) in [6, 6.07) is 11.5. The van der Waals surface area contributed by atoms with Crippen LogP contribution in [0.2, 0.25) is 0 Å². The van der Waals surface area contributed by atoms with E-state index in [1.54, 1.807) is 17.5 Å². The van der Waals surface area contributed by atoms with Crippen LogP contribution in [0.5, 0.6) is 0 Å². The maximum absolute atomic E-state index is 4.17. The Morgan fingerprint density at radius 3 is 3.20 bits per heavy atom. The molecule has 3 rings (SSSR count). The van der Waals surface area contributed by atoms with Crippen molar-refractivity contribution in [1.29, 1.82) is 0 Å². The van der Waals surface area contributed by atoms with Crippen molar-refractivity contribution >= 4 is 21.4 Å². The van der Waals surface area contributed by atoms with Gasteiger partial charge in [-0.3, -0.25) is 4.68 Å². The van der Waals surface area contributed by atoms with Gasteiger partial charge in [0.05, 0.1) is 12.7 Å². The summed E-state index contributed by atoms with van der Waals surface area (Å²) in [5.74, 6) is 0. The Balaban J connectivity index is 2.07. The lowest BCUT2D eigenvalue weighted by atomic mass is 10.2. The van der Waals surface area contributed by atoms with Gasteiger partial charge < -0.3 is 0 Å². The summed E-state index contributed by atoms with van der Waals surface area (Å²) in [6.07, 6.45) is 3.56. The summed E-state index contributed by atoms with van der Waals surface area (Å²) >= 11 is 1.78. The molecule has 0 bridgehead atoms. The molecule has 3 heteroatoms. The van der Waals surface area contributed by atoms with Crippen molar-refractivity contribution in [3.05, 3.63) is 53.7 Å². The third-order valence-electron chi connectivity index (χ3n) is 2.40. The lowest BCUT2D eigenvalue weighted by Gasteiger charge is -2.02. The number of hydrogen-bond donors (Lipinski definition) is 0. The third kappa shape index (κ3) is 1.55. The summed E-state index contributed by atoms with van der Waals surface area (Å²) in [5.41, 5.74) is 1.32. The van der Waals surface area contributed by atoms with Crippen molar-refractivity contribution in [2.45, 2.75) is 6.54 Å². The molecule has 0 aliphatic carbocycles. The largest absolute Gasteiger partial charge is 0.268 e. The SMILES string of the molecule is [c]1cnn(Cc2cccc3ccsc23)c1. The molecule has 1 aromatic carbocycles. The lowest BCUT2D eigenvalue weighted by molar-refractivity contribution is 0.690. The van der Waals surface area contributed by atoms with Gasteiger partial charge in [0, 0.05) is 17.0 Å². The normalized spacial score (nSPS) is 10.9. The molecule has 0 saturated carbocycles. The molecule has 2 nitrogen and oxygen atoms in total. The quantitative estimate of drug-likeness (QED) is 0.640. The van der Waals surface area contributed by atoms with Gasteiger partial charge in [-0.25, -0.2) is 0 Å². The number of fused-ring (bicyclic) bond motifs is 1. The van der Waals surface area contributed by atoms with Crippen LogP contribution in [-0.2, 0) is 6.54 Å². The molecule has 1 radical (unpaired) electrons. The van der Waals surface area contributed by atoms with Crippen LogP contribution < -0.4 is 0 Å². The standard InChI is InChI=1S/C12H9N2S/c1-3-10-5-8-15-12(10)11(4-1)9-14-7-2-6-13-14/h1,3-8H,9H2. The maximum atomic E-state index is 4.17. The first-order chi connectivity index (χ1) is 7.43. The minimum atomic E-state index is 0.821. The molecule has 2 heterocycles. The Kier molecular flexibility index (Phi) is 2.03. The molecule has 73 valence electrons. The molecule has 3 aromatic rings. The van der Waals surface area contributed by atoms with Crippen molar-refractivity contribution in [3.8, 4) is 0 Å². The number of thiophene rings is 1. The molecule has 0 atom stereocenters. The lowest BCUT2D eigenvalue weighted by Crippen LogP contribution is -1.99. The van der Waals surface area contributed by atoms with Gasteiger partial charge in [0.15, 0.2) is 0 Å². The van der Waals surface area contributed by atoms with Crippen molar-refractivity contribution in [2.75, 3.05) is 0 Å². The van der Waals surface area contributed by atoms with E-state index in [1.165, 1.54) is 15.6 Å². The van der Waals surface area contributed by atoms with Crippen LogP contribution >= 0.6 is 11.3 Å². The van der Waals surface area contributed by atoms with Gasteiger partial charge in [-0.1, -0.05) is 18.2 Å². The predicted molar refractivity (Wildman–Crippen MR) is 62.0 cm³/mol. The topological polar surface area (TPSA) is 17.8 Å². The number of benzene rings is 1. The van der Waals surface area contributed by atoms with Gasteiger partial charge in [0.2, 0.25) is 0 Å². The van der Waals surface area contributed by atoms with E-state index in [2.05, 4.69) is 40.8 Å². The Hall–Kier alpha value is -1.61. The van der Waals surface area contributed by atoms with Crippen LogP contribution in [0.15, 0.2) is 42.0 Å². The van der Waals surface area contributed by atoms with Gasteiger partial charge in [-0.05, 0) is 22.4 Å². The highest BCUT2D eigenvalue weighted by Crippen LogP contribution is 2.24. The second kappa shape index (κ2) is 3.51. The van der Waals surface area contributed by atoms with Crippen LogP contribution in [0, 0.1) is 6.07 Å². The molecular formula is C12H9N2S. The highest BCUT2D eigenvalue weighted by molar-refractivity contribution is 7.17. The molecule has 15 heavy (non-hydrogen) atoms. The van der Waals surface area contributed by atoms with E-state index in [1.807, 2.05) is 10.9 Å². The fourth-order valence-electron chi connectivity index (χ4n) is 1.70. The van der Waals surface area contributed by atoms with Gasteiger partial charge in [0.1, 0.15) is 0 Å². The zero-order chi connectivity index (χ0) is 10.1. The molecule has 0 N–H and O–H groups in total. The first kappa shape index (κ1) is 8.68. The van der Waals surface area contributed by atoms with Crippen LogP contribution in [0.3, 0.4) is 0 Å². The van der Waals surface area contributed by atoms with Gasteiger partial charge in [-0.15, -0.1) is 11.3 Å². The number of nitrogens with zero attached hydrogens (tertiary/aromatic N) is 2. The molecule has 0 aliphatic rings. The summed E-state index contributed by atoms with van der Waals surface area (Å²) < 4.78 is 3.25. The fraction of sp³-hybridized carbons (Fsp3) is 0.0833. The van der Waals surface area contributed by atoms with Crippen molar-refractivity contribution in [3.63, 3.8) is 0 Å². The Morgan fingerprint density at radius 1 is 1.33 bits per heavy atom. The van der Waals surface area contributed by atoms with Crippen molar-refractivity contribution in [1.82, 2.24) is 9.78 Å². The predicted octanol–water partition coefficient (Wildman–Crippen LogP) is 2.95. The Morgan fingerprint density at radius 2 is 2.33 bits per heavy atom. The molecule has 0 unspecified atom stereocenters.